The maximum atomic E-state index is 5.42. The first-order valence-electron chi connectivity index (χ1n) is 4.42. The van der Waals surface area contributed by atoms with Gasteiger partial charge in [0.05, 0.1) is 13.2 Å². The van der Waals surface area contributed by atoms with Crippen LogP contribution in [0.15, 0.2) is 0 Å². The molecule has 0 spiro atoms. The molecule has 0 aliphatic carbocycles. The summed E-state index contributed by atoms with van der Waals surface area (Å²) in [6.45, 7) is 8.91. The molecule has 0 saturated carbocycles. The molecule has 1 saturated heterocycles. The smallest absolute Gasteiger partial charge is 0.0594 e. The molecule has 68 valence electrons. The molecule has 0 radical (unpaired) electrons. The number of terminal acetylenes is 1. The molecule has 0 N–H and O–H groups in total. The van der Waals surface area contributed by atoms with Crippen LogP contribution in [-0.2, 0) is 4.74 Å². The number of rotatable bonds is 2. The van der Waals surface area contributed by atoms with E-state index in [4.69, 9.17) is 11.2 Å². The highest BCUT2D eigenvalue weighted by atomic mass is 16.5. The van der Waals surface area contributed by atoms with E-state index in [1.165, 1.54) is 0 Å². The van der Waals surface area contributed by atoms with Crippen molar-refractivity contribution in [3.63, 3.8) is 0 Å². The Hall–Kier alpha value is -0.520. The Morgan fingerprint density at radius 3 is 2.50 bits per heavy atom. The predicted molar refractivity (Wildman–Crippen MR) is 49.9 cm³/mol. The molecule has 1 aliphatic heterocycles. The Morgan fingerprint density at radius 2 is 2.00 bits per heavy atom. The van der Waals surface area contributed by atoms with Crippen molar-refractivity contribution in [2.75, 3.05) is 32.8 Å². The van der Waals surface area contributed by atoms with Gasteiger partial charge < -0.3 is 4.74 Å². The first-order valence-corrected chi connectivity index (χ1v) is 4.42. The van der Waals surface area contributed by atoms with E-state index in [1.807, 2.05) is 0 Å². The van der Waals surface area contributed by atoms with Crippen LogP contribution < -0.4 is 0 Å². The third-order valence-electron chi connectivity index (χ3n) is 2.11. The van der Waals surface area contributed by atoms with Crippen molar-refractivity contribution < 1.29 is 4.74 Å². The highest BCUT2D eigenvalue weighted by Gasteiger charge is 2.20. The predicted octanol–water partition coefficient (Wildman–Crippen LogP) is 0.978. The van der Waals surface area contributed by atoms with Crippen molar-refractivity contribution in [2.45, 2.75) is 13.8 Å². The standard InChI is InChI=1S/C10H17NO/c1-4-10(2,3)9-11-5-7-12-8-6-11/h1H,5-9H2,2-3H3. The van der Waals surface area contributed by atoms with E-state index < -0.39 is 0 Å². The molecule has 0 amide bonds. The van der Waals surface area contributed by atoms with Gasteiger partial charge >= 0.3 is 0 Å². The van der Waals surface area contributed by atoms with Crippen LogP contribution in [0, 0.1) is 17.8 Å². The number of ether oxygens (including phenoxy) is 1. The Morgan fingerprint density at radius 1 is 1.42 bits per heavy atom. The summed E-state index contributed by atoms with van der Waals surface area (Å²) in [4.78, 5) is 2.36. The third kappa shape index (κ3) is 2.84. The van der Waals surface area contributed by atoms with Crippen molar-refractivity contribution in [2.24, 2.45) is 5.41 Å². The first-order chi connectivity index (χ1) is 5.64. The molecular weight excluding hydrogens is 150 g/mol. The monoisotopic (exact) mass is 167 g/mol. The number of morpholine rings is 1. The number of nitrogens with zero attached hydrogens (tertiary/aromatic N) is 1. The number of hydrogen-bond acceptors (Lipinski definition) is 2. The molecule has 0 aromatic rings. The van der Waals surface area contributed by atoms with Crippen molar-refractivity contribution in [1.82, 2.24) is 4.90 Å². The lowest BCUT2D eigenvalue weighted by molar-refractivity contribution is 0.0277. The van der Waals surface area contributed by atoms with E-state index in [1.54, 1.807) is 0 Å². The molecule has 0 atom stereocenters. The highest BCUT2D eigenvalue weighted by Crippen LogP contribution is 2.15. The van der Waals surface area contributed by atoms with Gasteiger partial charge in [0.25, 0.3) is 0 Å². The summed E-state index contributed by atoms with van der Waals surface area (Å²) < 4.78 is 5.25. The van der Waals surface area contributed by atoms with E-state index in [-0.39, 0.29) is 5.41 Å². The van der Waals surface area contributed by atoms with Gasteiger partial charge in [-0.1, -0.05) is 5.92 Å². The van der Waals surface area contributed by atoms with E-state index >= 15 is 0 Å². The SMILES string of the molecule is C#CC(C)(C)CN1CCOCC1. The van der Waals surface area contributed by atoms with Crippen molar-refractivity contribution in [3.8, 4) is 12.3 Å². The molecule has 12 heavy (non-hydrogen) atoms. The van der Waals surface area contributed by atoms with Crippen molar-refractivity contribution in [1.29, 1.82) is 0 Å². The van der Waals surface area contributed by atoms with E-state index in [9.17, 15) is 0 Å². The minimum Gasteiger partial charge on any atom is -0.379 e. The van der Waals surface area contributed by atoms with Gasteiger partial charge in [0.2, 0.25) is 0 Å². The molecule has 1 fully saturated rings. The fraction of sp³-hybridized carbons (Fsp3) is 0.800. The average molecular weight is 167 g/mol. The molecule has 0 aromatic carbocycles. The van der Waals surface area contributed by atoms with Gasteiger partial charge in [-0.05, 0) is 13.8 Å². The summed E-state index contributed by atoms with van der Waals surface area (Å²) in [5, 5.41) is 0. The van der Waals surface area contributed by atoms with E-state index in [2.05, 4.69) is 24.7 Å². The van der Waals surface area contributed by atoms with Crippen molar-refractivity contribution >= 4 is 0 Å². The van der Waals surface area contributed by atoms with E-state index in [0.717, 1.165) is 32.8 Å². The van der Waals surface area contributed by atoms with Crippen molar-refractivity contribution in [3.05, 3.63) is 0 Å². The molecule has 0 unspecified atom stereocenters. The minimum atomic E-state index is -0.00264. The Kier molecular flexibility index (Phi) is 3.13. The maximum Gasteiger partial charge on any atom is 0.0594 e. The lowest BCUT2D eigenvalue weighted by atomic mass is 9.94. The lowest BCUT2D eigenvalue weighted by Gasteiger charge is -2.31. The summed E-state index contributed by atoms with van der Waals surface area (Å²) in [5.41, 5.74) is -0.00264. The van der Waals surface area contributed by atoms with Gasteiger partial charge in [-0.2, -0.15) is 0 Å². The Balaban J connectivity index is 2.35. The second kappa shape index (κ2) is 3.93. The van der Waals surface area contributed by atoms with E-state index in [0.29, 0.717) is 0 Å². The zero-order chi connectivity index (χ0) is 9.03. The molecule has 0 bridgehead atoms. The van der Waals surface area contributed by atoms with Gasteiger partial charge in [0, 0.05) is 25.0 Å². The normalized spacial score (nSPS) is 20.4. The third-order valence-corrected chi connectivity index (χ3v) is 2.11. The lowest BCUT2D eigenvalue weighted by Crippen LogP contribution is -2.41. The topological polar surface area (TPSA) is 12.5 Å². The Bertz CT molecular complexity index is 175. The summed E-state index contributed by atoms with van der Waals surface area (Å²) in [6.07, 6.45) is 5.42. The summed E-state index contributed by atoms with van der Waals surface area (Å²) in [5.74, 6) is 2.81. The quantitative estimate of drug-likeness (QED) is 0.568. The molecule has 1 aliphatic rings. The maximum absolute atomic E-state index is 5.42. The summed E-state index contributed by atoms with van der Waals surface area (Å²) in [7, 11) is 0. The molecule has 1 heterocycles. The van der Waals surface area contributed by atoms with Crippen LogP contribution in [0.25, 0.3) is 0 Å². The highest BCUT2D eigenvalue weighted by molar-refractivity contribution is 5.02. The van der Waals surface area contributed by atoms with Gasteiger partial charge in [0.15, 0.2) is 0 Å². The summed E-state index contributed by atoms with van der Waals surface area (Å²) in [6, 6.07) is 0. The van der Waals surface area contributed by atoms with Crippen LogP contribution in [0.2, 0.25) is 0 Å². The zero-order valence-electron chi connectivity index (χ0n) is 7.97. The van der Waals surface area contributed by atoms with Gasteiger partial charge in [-0.25, -0.2) is 0 Å². The molecule has 2 nitrogen and oxygen atoms in total. The van der Waals surface area contributed by atoms with Crippen LogP contribution in [-0.4, -0.2) is 37.7 Å². The molecule has 0 aromatic heterocycles. The Labute approximate surface area is 74.9 Å². The fourth-order valence-corrected chi connectivity index (χ4v) is 1.36. The molecule has 1 rings (SSSR count). The van der Waals surface area contributed by atoms with Crippen LogP contribution in [0.4, 0.5) is 0 Å². The second-order valence-electron chi connectivity index (χ2n) is 3.92. The van der Waals surface area contributed by atoms with Gasteiger partial charge in [-0.3, -0.25) is 4.90 Å². The average Bonchev–Trinajstić information content (AvgIpc) is 2.06. The minimum absolute atomic E-state index is 0.00264. The molecule has 2 heteroatoms. The van der Waals surface area contributed by atoms with Crippen LogP contribution >= 0.6 is 0 Å². The van der Waals surface area contributed by atoms with Gasteiger partial charge in [-0.15, -0.1) is 6.42 Å². The molecular formula is C10H17NO. The van der Waals surface area contributed by atoms with Crippen LogP contribution in [0.1, 0.15) is 13.8 Å². The fourth-order valence-electron chi connectivity index (χ4n) is 1.36. The number of hydrogen-bond donors (Lipinski definition) is 0. The first kappa shape index (κ1) is 9.57. The second-order valence-corrected chi connectivity index (χ2v) is 3.92. The zero-order valence-corrected chi connectivity index (χ0v) is 7.97. The van der Waals surface area contributed by atoms with Gasteiger partial charge in [0.1, 0.15) is 0 Å². The summed E-state index contributed by atoms with van der Waals surface area (Å²) >= 11 is 0. The van der Waals surface area contributed by atoms with Crippen LogP contribution in [0.3, 0.4) is 0 Å². The van der Waals surface area contributed by atoms with Crippen LogP contribution in [0.5, 0.6) is 0 Å². The largest absolute Gasteiger partial charge is 0.379 e.